The molecule has 0 amide bonds. The maximum atomic E-state index is 11.3. The highest BCUT2D eigenvalue weighted by atomic mass is 16.5. The number of nitrogens with two attached hydrogens (primary N) is 1. The predicted octanol–water partition coefficient (Wildman–Crippen LogP) is 3.44. The van der Waals surface area contributed by atoms with Gasteiger partial charge in [-0.3, -0.25) is 4.79 Å². The maximum Gasteiger partial charge on any atom is 0.305 e. The number of ether oxygens (including phenoxy) is 2. The van der Waals surface area contributed by atoms with Crippen LogP contribution in [0, 0.1) is 13.8 Å². The van der Waals surface area contributed by atoms with Crippen LogP contribution in [-0.2, 0) is 9.53 Å². The molecule has 0 aliphatic carbocycles. The van der Waals surface area contributed by atoms with Crippen molar-refractivity contribution in [3.8, 4) is 5.75 Å². The minimum absolute atomic E-state index is 0.00417. The molecule has 1 aromatic rings. The first kappa shape index (κ1) is 17.5. The summed E-state index contributed by atoms with van der Waals surface area (Å²) in [4.78, 5) is 11.3. The molecule has 4 heteroatoms. The van der Waals surface area contributed by atoms with Gasteiger partial charge in [-0.05, 0) is 50.3 Å². The highest BCUT2D eigenvalue weighted by Crippen LogP contribution is 2.28. The fraction of sp³-hybridized carbons (Fsp3) is 0.588. The largest absolute Gasteiger partial charge is 0.496 e. The third-order valence-electron chi connectivity index (χ3n) is 3.57. The molecule has 4 nitrogen and oxygen atoms in total. The van der Waals surface area contributed by atoms with Gasteiger partial charge in [0.05, 0.1) is 13.7 Å². The molecular formula is C17H27NO3. The maximum absolute atomic E-state index is 11.3. The quantitative estimate of drug-likeness (QED) is 0.589. The van der Waals surface area contributed by atoms with Crippen molar-refractivity contribution >= 4 is 5.97 Å². The molecule has 1 atom stereocenters. The summed E-state index contributed by atoms with van der Waals surface area (Å²) < 4.78 is 10.3. The van der Waals surface area contributed by atoms with Gasteiger partial charge in [-0.15, -0.1) is 0 Å². The van der Waals surface area contributed by atoms with Gasteiger partial charge in [-0.25, -0.2) is 0 Å². The molecule has 1 aromatic carbocycles. The molecule has 0 aliphatic heterocycles. The number of carbonyl (C=O) groups excluding carboxylic acids is 1. The fourth-order valence-corrected chi connectivity index (χ4v) is 2.55. The van der Waals surface area contributed by atoms with Crippen molar-refractivity contribution in [2.45, 2.75) is 52.5 Å². The van der Waals surface area contributed by atoms with Crippen LogP contribution in [0.1, 0.15) is 55.3 Å². The number of carbonyl (C=O) groups is 1. The van der Waals surface area contributed by atoms with Crippen LogP contribution in [0.3, 0.4) is 0 Å². The first-order valence-corrected chi connectivity index (χ1v) is 7.55. The fourth-order valence-electron chi connectivity index (χ4n) is 2.55. The van der Waals surface area contributed by atoms with E-state index in [1.807, 2.05) is 20.8 Å². The van der Waals surface area contributed by atoms with E-state index in [1.54, 1.807) is 7.11 Å². The lowest BCUT2D eigenvalue weighted by atomic mass is 9.97. The summed E-state index contributed by atoms with van der Waals surface area (Å²) in [6.07, 6.45) is 3.08. The third kappa shape index (κ3) is 5.38. The van der Waals surface area contributed by atoms with Gasteiger partial charge in [0.1, 0.15) is 5.75 Å². The van der Waals surface area contributed by atoms with Crippen molar-refractivity contribution in [1.29, 1.82) is 0 Å². The second kappa shape index (κ2) is 8.67. The Bertz CT molecular complexity index is 448. The van der Waals surface area contributed by atoms with Crippen LogP contribution in [0.15, 0.2) is 12.1 Å². The van der Waals surface area contributed by atoms with E-state index in [-0.39, 0.29) is 12.0 Å². The van der Waals surface area contributed by atoms with Gasteiger partial charge >= 0.3 is 5.97 Å². The van der Waals surface area contributed by atoms with Crippen molar-refractivity contribution in [3.63, 3.8) is 0 Å². The Morgan fingerprint density at radius 3 is 2.38 bits per heavy atom. The van der Waals surface area contributed by atoms with Gasteiger partial charge in [0.15, 0.2) is 0 Å². The predicted molar refractivity (Wildman–Crippen MR) is 84.5 cm³/mol. The number of methoxy groups -OCH3 is 1. The van der Waals surface area contributed by atoms with E-state index in [4.69, 9.17) is 15.2 Å². The average molecular weight is 293 g/mol. The molecule has 0 aromatic heterocycles. The van der Waals surface area contributed by atoms with Crippen LogP contribution in [-0.4, -0.2) is 19.7 Å². The van der Waals surface area contributed by atoms with Crippen LogP contribution in [0.4, 0.5) is 0 Å². The number of unbranched alkanes of at least 4 members (excludes halogenated alkanes) is 1. The second-order valence-corrected chi connectivity index (χ2v) is 5.35. The average Bonchev–Trinajstić information content (AvgIpc) is 2.43. The van der Waals surface area contributed by atoms with E-state index in [2.05, 4.69) is 12.1 Å². The van der Waals surface area contributed by atoms with E-state index in [1.165, 1.54) is 0 Å². The lowest BCUT2D eigenvalue weighted by Crippen LogP contribution is -2.11. The zero-order valence-electron chi connectivity index (χ0n) is 13.6. The topological polar surface area (TPSA) is 61.5 Å². The monoisotopic (exact) mass is 293 g/mol. The molecule has 0 fully saturated rings. The minimum atomic E-state index is -0.123. The molecular weight excluding hydrogens is 266 g/mol. The normalized spacial score (nSPS) is 12.0. The summed E-state index contributed by atoms with van der Waals surface area (Å²) in [7, 11) is 1.68. The molecule has 0 spiro atoms. The van der Waals surface area contributed by atoms with Crippen LogP contribution >= 0.6 is 0 Å². The van der Waals surface area contributed by atoms with E-state index in [0.717, 1.165) is 41.7 Å². The summed E-state index contributed by atoms with van der Waals surface area (Å²) >= 11 is 0. The van der Waals surface area contributed by atoms with Crippen molar-refractivity contribution < 1.29 is 14.3 Å². The Kier molecular flexibility index (Phi) is 7.23. The second-order valence-electron chi connectivity index (χ2n) is 5.35. The Hall–Kier alpha value is -1.55. The van der Waals surface area contributed by atoms with Crippen LogP contribution < -0.4 is 10.5 Å². The summed E-state index contributed by atoms with van der Waals surface area (Å²) in [5, 5.41) is 0. The van der Waals surface area contributed by atoms with E-state index in [0.29, 0.717) is 13.0 Å². The van der Waals surface area contributed by atoms with Crippen molar-refractivity contribution in [1.82, 2.24) is 0 Å². The smallest absolute Gasteiger partial charge is 0.305 e. The molecule has 1 unspecified atom stereocenters. The van der Waals surface area contributed by atoms with Gasteiger partial charge in [0.2, 0.25) is 0 Å². The number of hydrogen-bond donors (Lipinski definition) is 1. The molecule has 21 heavy (non-hydrogen) atoms. The van der Waals surface area contributed by atoms with Crippen molar-refractivity contribution in [2.75, 3.05) is 13.7 Å². The molecule has 0 saturated heterocycles. The number of benzene rings is 1. The number of rotatable bonds is 8. The Morgan fingerprint density at radius 2 is 1.86 bits per heavy atom. The Morgan fingerprint density at radius 1 is 1.24 bits per heavy atom. The first-order chi connectivity index (χ1) is 9.99. The molecule has 0 saturated carbocycles. The summed E-state index contributed by atoms with van der Waals surface area (Å²) in [5.41, 5.74) is 9.58. The zero-order valence-corrected chi connectivity index (χ0v) is 13.6. The molecule has 2 N–H and O–H groups in total. The Labute approximate surface area is 127 Å². The first-order valence-electron chi connectivity index (χ1n) is 7.55. The van der Waals surface area contributed by atoms with Gasteiger partial charge in [-0.1, -0.05) is 18.6 Å². The SMILES string of the molecule is CCOC(=O)CCCCC(N)c1cc(C)c(OC)c(C)c1. The molecule has 118 valence electrons. The molecule has 0 heterocycles. The van der Waals surface area contributed by atoms with Crippen molar-refractivity contribution in [3.05, 3.63) is 28.8 Å². The highest BCUT2D eigenvalue weighted by molar-refractivity contribution is 5.69. The van der Waals surface area contributed by atoms with E-state index >= 15 is 0 Å². The van der Waals surface area contributed by atoms with Crippen LogP contribution in [0.5, 0.6) is 5.75 Å². The van der Waals surface area contributed by atoms with Crippen molar-refractivity contribution in [2.24, 2.45) is 5.73 Å². The van der Waals surface area contributed by atoms with Crippen LogP contribution in [0.2, 0.25) is 0 Å². The van der Waals surface area contributed by atoms with Gasteiger partial charge in [0, 0.05) is 12.5 Å². The highest BCUT2D eigenvalue weighted by Gasteiger charge is 2.11. The summed E-state index contributed by atoms with van der Waals surface area (Å²) in [5.74, 6) is 0.801. The molecule has 0 aliphatic rings. The van der Waals surface area contributed by atoms with Crippen LogP contribution in [0.25, 0.3) is 0 Å². The lowest BCUT2D eigenvalue weighted by Gasteiger charge is -2.16. The lowest BCUT2D eigenvalue weighted by molar-refractivity contribution is -0.143. The van der Waals surface area contributed by atoms with E-state index < -0.39 is 0 Å². The number of aryl methyl sites for hydroxylation is 2. The number of hydrogen-bond acceptors (Lipinski definition) is 4. The van der Waals surface area contributed by atoms with E-state index in [9.17, 15) is 4.79 Å². The molecule has 0 radical (unpaired) electrons. The number of esters is 1. The van der Waals surface area contributed by atoms with Gasteiger partial charge < -0.3 is 15.2 Å². The zero-order chi connectivity index (χ0) is 15.8. The van der Waals surface area contributed by atoms with Gasteiger partial charge in [0.25, 0.3) is 0 Å². The third-order valence-corrected chi connectivity index (χ3v) is 3.57. The Balaban J connectivity index is 2.49. The standard InChI is InChI=1S/C17H27NO3/c1-5-21-16(19)9-7-6-8-15(18)14-10-12(2)17(20-4)13(3)11-14/h10-11,15H,5-9,18H2,1-4H3. The summed E-state index contributed by atoms with van der Waals surface area (Å²) in [6.45, 7) is 6.33. The molecule has 0 bridgehead atoms. The summed E-state index contributed by atoms with van der Waals surface area (Å²) in [6, 6.07) is 4.17. The van der Waals surface area contributed by atoms with Gasteiger partial charge in [-0.2, -0.15) is 0 Å². The minimum Gasteiger partial charge on any atom is -0.496 e. The molecule has 1 rings (SSSR count).